The van der Waals surface area contributed by atoms with Gasteiger partial charge in [-0.05, 0) is 42.2 Å². The average Bonchev–Trinajstić information content (AvgIpc) is 3.03. The minimum Gasteiger partial charge on any atom is -0.325 e. The van der Waals surface area contributed by atoms with Crippen molar-refractivity contribution in [2.45, 2.75) is 30.5 Å². The van der Waals surface area contributed by atoms with Gasteiger partial charge < -0.3 is 5.32 Å². The molecule has 0 radical (unpaired) electrons. The van der Waals surface area contributed by atoms with E-state index in [1.54, 1.807) is 11.3 Å². The number of thioether (sulfide) groups is 1. The molecule has 0 spiro atoms. The van der Waals surface area contributed by atoms with E-state index in [9.17, 15) is 4.79 Å². The molecule has 3 nitrogen and oxygen atoms in total. The number of hydrogen-bond acceptors (Lipinski definition) is 4. The first kappa shape index (κ1) is 17.0. The molecule has 1 N–H and O–H groups in total. The van der Waals surface area contributed by atoms with Gasteiger partial charge in [0.1, 0.15) is 0 Å². The quantitative estimate of drug-likeness (QED) is 0.590. The van der Waals surface area contributed by atoms with Crippen LogP contribution in [0.5, 0.6) is 0 Å². The minimum absolute atomic E-state index is 0.00412. The van der Waals surface area contributed by atoms with Crippen LogP contribution >= 0.6 is 23.1 Å². The van der Waals surface area contributed by atoms with Gasteiger partial charge in [0.05, 0.1) is 16.0 Å². The maximum absolute atomic E-state index is 12.1. The van der Waals surface area contributed by atoms with Gasteiger partial charge in [0, 0.05) is 5.69 Å². The van der Waals surface area contributed by atoms with Gasteiger partial charge in [-0.25, -0.2) is 4.98 Å². The average molecular weight is 357 g/mol. The monoisotopic (exact) mass is 356 g/mol. The van der Waals surface area contributed by atoms with E-state index < -0.39 is 0 Å². The van der Waals surface area contributed by atoms with Crippen molar-refractivity contribution in [1.29, 1.82) is 0 Å². The second-order valence-corrected chi connectivity index (χ2v) is 7.97. The summed E-state index contributed by atoms with van der Waals surface area (Å²) in [6.07, 6.45) is 1.12. The summed E-state index contributed by atoms with van der Waals surface area (Å²) in [4.78, 5) is 16.7. The lowest BCUT2D eigenvalue weighted by Gasteiger charge is -2.10. The Balaban J connectivity index is 1.55. The molecule has 0 aliphatic heterocycles. The van der Waals surface area contributed by atoms with E-state index in [0.29, 0.717) is 11.7 Å². The predicted molar refractivity (Wildman–Crippen MR) is 104 cm³/mol. The Kier molecular flexibility index (Phi) is 5.53. The summed E-state index contributed by atoms with van der Waals surface area (Å²) in [7, 11) is 0. The molecule has 0 saturated carbocycles. The molecule has 0 saturated heterocycles. The molecular weight excluding hydrogens is 336 g/mol. The van der Waals surface area contributed by atoms with Gasteiger partial charge in [0.25, 0.3) is 0 Å². The first-order valence-corrected chi connectivity index (χ1v) is 9.84. The molecule has 0 fully saturated rings. The summed E-state index contributed by atoms with van der Waals surface area (Å²) in [6, 6.07) is 16.2. The molecule has 0 aliphatic rings. The van der Waals surface area contributed by atoms with E-state index in [2.05, 4.69) is 42.3 Å². The molecule has 24 heavy (non-hydrogen) atoms. The fourth-order valence-corrected chi connectivity index (χ4v) is 4.24. The lowest BCUT2D eigenvalue weighted by Crippen LogP contribution is -2.13. The number of nitrogens with one attached hydrogen (secondary N) is 1. The Bertz CT molecular complexity index is 794. The third-order valence-electron chi connectivity index (χ3n) is 3.98. The van der Waals surface area contributed by atoms with Crippen LogP contribution in [-0.4, -0.2) is 16.6 Å². The van der Waals surface area contributed by atoms with Gasteiger partial charge in [-0.1, -0.05) is 49.9 Å². The Hall–Kier alpha value is -1.85. The highest BCUT2D eigenvalue weighted by Crippen LogP contribution is 2.29. The first-order valence-electron chi connectivity index (χ1n) is 8.04. The number of hydrogen-bond donors (Lipinski definition) is 1. The second kappa shape index (κ2) is 7.81. The van der Waals surface area contributed by atoms with Crippen LogP contribution in [0.1, 0.15) is 31.7 Å². The van der Waals surface area contributed by atoms with E-state index in [0.717, 1.165) is 26.7 Å². The van der Waals surface area contributed by atoms with Crippen LogP contribution in [0.4, 0.5) is 5.69 Å². The van der Waals surface area contributed by atoms with Gasteiger partial charge >= 0.3 is 0 Å². The molecule has 3 aromatic rings. The minimum atomic E-state index is -0.00412. The van der Waals surface area contributed by atoms with E-state index in [1.807, 2.05) is 30.3 Å². The SMILES string of the molecule is CC[C@H](C)c1ccc(NC(=O)CSc2nc3ccccc3s2)cc1. The molecule has 1 amide bonds. The summed E-state index contributed by atoms with van der Waals surface area (Å²) >= 11 is 3.11. The fourth-order valence-electron chi connectivity index (χ4n) is 2.37. The summed E-state index contributed by atoms with van der Waals surface area (Å²) < 4.78 is 2.08. The topological polar surface area (TPSA) is 42.0 Å². The zero-order valence-electron chi connectivity index (χ0n) is 13.8. The summed E-state index contributed by atoms with van der Waals surface area (Å²) in [5, 5.41) is 2.95. The molecule has 2 aromatic carbocycles. The highest BCUT2D eigenvalue weighted by Gasteiger charge is 2.08. The van der Waals surface area contributed by atoms with Gasteiger partial charge in [0.2, 0.25) is 5.91 Å². The number of nitrogens with zero attached hydrogens (tertiary/aromatic N) is 1. The van der Waals surface area contributed by atoms with Crippen LogP contribution in [-0.2, 0) is 4.79 Å². The van der Waals surface area contributed by atoms with Crippen LogP contribution in [0, 0.1) is 0 Å². The zero-order chi connectivity index (χ0) is 16.9. The molecule has 1 atom stereocenters. The maximum Gasteiger partial charge on any atom is 0.234 e. The third-order valence-corrected chi connectivity index (χ3v) is 6.16. The summed E-state index contributed by atoms with van der Waals surface area (Å²) in [6.45, 7) is 4.39. The largest absolute Gasteiger partial charge is 0.325 e. The van der Waals surface area contributed by atoms with Crippen molar-refractivity contribution in [3.63, 3.8) is 0 Å². The molecule has 0 unspecified atom stereocenters. The van der Waals surface area contributed by atoms with E-state index in [4.69, 9.17) is 0 Å². The van der Waals surface area contributed by atoms with E-state index in [1.165, 1.54) is 17.3 Å². The van der Waals surface area contributed by atoms with Crippen molar-refractivity contribution in [2.24, 2.45) is 0 Å². The number of aromatic nitrogens is 1. The molecule has 0 bridgehead atoms. The number of carbonyl (C=O) groups is 1. The first-order chi connectivity index (χ1) is 11.7. The number of carbonyl (C=O) groups excluding carboxylic acids is 1. The molecule has 1 heterocycles. The Morgan fingerprint density at radius 3 is 2.67 bits per heavy atom. The normalized spacial score (nSPS) is 12.2. The number of amides is 1. The van der Waals surface area contributed by atoms with Crippen LogP contribution in [0.3, 0.4) is 0 Å². The highest BCUT2D eigenvalue weighted by atomic mass is 32.2. The van der Waals surface area contributed by atoms with Crippen LogP contribution in [0.15, 0.2) is 52.9 Å². The van der Waals surface area contributed by atoms with Crippen molar-refractivity contribution in [1.82, 2.24) is 4.98 Å². The van der Waals surface area contributed by atoms with E-state index in [-0.39, 0.29) is 5.91 Å². The van der Waals surface area contributed by atoms with Crippen LogP contribution in [0.25, 0.3) is 10.2 Å². The van der Waals surface area contributed by atoms with Crippen molar-refractivity contribution >= 4 is 44.9 Å². The number of thiazole rings is 1. The van der Waals surface area contributed by atoms with Crippen molar-refractivity contribution in [2.75, 3.05) is 11.1 Å². The lowest BCUT2D eigenvalue weighted by molar-refractivity contribution is -0.113. The van der Waals surface area contributed by atoms with Gasteiger partial charge in [-0.15, -0.1) is 11.3 Å². The van der Waals surface area contributed by atoms with Gasteiger partial charge in [0.15, 0.2) is 4.34 Å². The van der Waals surface area contributed by atoms with Gasteiger partial charge in [-0.2, -0.15) is 0 Å². The number of anilines is 1. The third kappa shape index (κ3) is 4.16. The molecule has 5 heteroatoms. The summed E-state index contributed by atoms with van der Waals surface area (Å²) in [5.41, 5.74) is 3.14. The summed E-state index contributed by atoms with van der Waals surface area (Å²) in [5.74, 6) is 0.910. The Labute approximate surface area is 150 Å². The predicted octanol–water partition coefficient (Wildman–Crippen LogP) is 5.54. The number of para-hydroxylation sites is 1. The standard InChI is InChI=1S/C19H20N2OS2/c1-3-13(2)14-8-10-15(11-9-14)20-18(22)12-23-19-21-16-6-4-5-7-17(16)24-19/h4-11,13H,3,12H2,1-2H3,(H,20,22)/t13-/m0/s1. The van der Waals surface area contributed by atoms with Crippen molar-refractivity contribution in [3.8, 4) is 0 Å². The van der Waals surface area contributed by atoms with Gasteiger partial charge in [-0.3, -0.25) is 4.79 Å². The number of fused-ring (bicyclic) bond motifs is 1. The Morgan fingerprint density at radius 1 is 1.21 bits per heavy atom. The number of rotatable bonds is 6. The molecular formula is C19H20N2OS2. The van der Waals surface area contributed by atoms with Crippen LogP contribution < -0.4 is 5.32 Å². The smallest absolute Gasteiger partial charge is 0.234 e. The maximum atomic E-state index is 12.1. The lowest BCUT2D eigenvalue weighted by atomic mass is 9.99. The second-order valence-electron chi connectivity index (χ2n) is 5.72. The molecule has 124 valence electrons. The highest BCUT2D eigenvalue weighted by molar-refractivity contribution is 8.01. The Morgan fingerprint density at radius 2 is 1.96 bits per heavy atom. The van der Waals surface area contributed by atoms with Crippen molar-refractivity contribution in [3.05, 3.63) is 54.1 Å². The molecule has 1 aromatic heterocycles. The molecule has 3 rings (SSSR count). The fraction of sp³-hybridized carbons (Fsp3) is 0.263. The molecule has 0 aliphatic carbocycles. The van der Waals surface area contributed by atoms with Crippen LogP contribution in [0.2, 0.25) is 0 Å². The zero-order valence-corrected chi connectivity index (χ0v) is 15.4. The van der Waals surface area contributed by atoms with Crippen molar-refractivity contribution < 1.29 is 4.79 Å². The number of benzene rings is 2. The van der Waals surface area contributed by atoms with E-state index >= 15 is 0 Å².